The lowest BCUT2D eigenvalue weighted by atomic mass is 9.78. The molecule has 3 heterocycles. The van der Waals surface area contributed by atoms with Gasteiger partial charge in [0.05, 0.1) is 12.2 Å². The largest absolute Gasteiger partial charge is 0.381 e. The second-order valence-electron chi connectivity index (χ2n) is 8.21. The monoisotopic (exact) mass is 322 g/mol. The van der Waals surface area contributed by atoms with Gasteiger partial charge in [-0.2, -0.15) is 0 Å². The summed E-state index contributed by atoms with van der Waals surface area (Å²) in [4.78, 5) is 14.7. The quantitative estimate of drug-likeness (QED) is 0.807. The second kappa shape index (κ2) is 6.25. The molecule has 130 valence electrons. The summed E-state index contributed by atoms with van der Waals surface area (Å²) in [6.45, 7) is 4.23. The fourth-order valence-electron chi connectivity index (χ4n) is 5.04. The van der Waals surface area contributed by atoms with Gasteiger partial charge < -0.3 is 19.7 Å². The van der Waals surface area contributed by atoms with Gasteiger partial charge in [0, 0.05) is 37.8 Å². The first-order valence-electron chi connectivity index (χ1n) is 9.46. The van der Waals surface area contributed by atoms with E-state index >= 15 is 0 Å². The predicted octanol–water partition coefficient (Wildman–Crippen LogP) is 2.69. The Morgan fingerprint density at radius 2 is 1.96 bits per heavy atom. The van der Waals surface area contributed by atoms with E-state index in [1.54, 1.807) is 0 Å². The van der Waals surface area contributed by atoms with Gasteiger partial charge in [-0.05, 0) is 38.5 Å². The molecule has 0 aromatic carbocycles. The SMILES string of the molecule is O=C(N[C@@H]1CCOC2(CCCCC2)C1)N1CC[C@@]2(CCOC2)C1. The first-order valence-corrected chi connectivity index (χ1v) is 9.46. The minimum Gasteiger partial charge on any atom is -0.381 e. The zero-order valence-electron chi connectivity index (χ0n) is 14.1. The standard InChI is InChI=1S/C18H30N2O3/c21-16(20-9-7-17(13-20)8-11-22-14-17)19-15-4-10-23-18(12-15)5-2-1-3-6-18/h15H,1-14H2,(H,19,21)/t15-,17-/m1/s1. The number of carbonyl (C=O) groups is 1. The summed E-state index contributed by atoms with van der Waals surface area (Å²) in [5.41, 5.74) is 0.303. The Labute approximate surface area is 139 Å². The van der Waals surface area contributed by atoms with E-state index in [1.807, 2.05) is 4.90 Å². The van der Waals surface area contributed by atoms with Crippen molar-refractivity contribution in [1.82, 2.24) is 10.2 Å². The van der Waals surface area contributed by atoms with Crippen molar-refractivity contribution in [2.45, 2.75) is 69.4 Å². The van der Waals surface area contributed by atoms with Gasteiger partial charge in [0.15, 0.2) is 0 Å². The van der Waals surface area contributed by atoms with Gasteiger partial charge in [-0.25, -0.2) is 4.79 Å². The summed E-state index contributed by atoms with van der Waals surface area (Å²) in [6, 6.07) is 0.414. The van der Waals surface area contributed by atoms with Crippen LogP contribution in [-0.4, -0.2) is 55.5 Å². The average molecular weight is 322 g/mol. The zero-order valence-corrected chi connectivity index (χ0v) is 14.1. The first-order chi connectivity index (χ1) is 11.2. The Hall–Kier alpha value is -0.810. The van der Waals surface area contributed by atoms with E-state index in [1.165, 1.54) is 32.1 Å². The van der Waals surface area contributed by atoms with Crippen molar-refractivity contribution in [3.63, 3.8) is 0 Å². The van der Waals surface area contributed by atoms with Crippen LogP contribution in [0.15, 0.2) is 0 Å². The summed E-state index contributed by atoms with van der Waals surface area (Å²) in [7, 11) is 0. The molecule has 1 N–H and O–H groups in total. The molecule has 0 radical (unpaired) electrons. The molecule has 23 heavy (non-hydrogen) atoms. The third kappa shape index (κ3) is 3.22. The molecule has 2 atom stereocenters. The third-order valence-electron chi connectivity index (χ3n) is 6.50. The van der Waals surface area contributed by atoms with Gasteiger partial charge in [-0.1, -0.05) is 19.3 Å². The molecule has 1 aliphatic carbocycles. The maximum Gasteiger partial charge on any atom is 0.317 e. The van der Waals surface area contributed by atoms with Crippen LogP contribution in [0.2, 0.25) is 0 Å². The van der Waals surface area contributed by atoms with Crippen molar-refractivity contribution in [3.05, 3.63) is 0 Å². The van der Waals surface area contributed by atoms with Gasteiger partial charge in [-0.3, -0.25) is 0 Å². The molecule has 0 aromatic rings. The normalized spacial score (nSPS) is 36.7. The van der Waals surface area contributed by atoms with Crippen LogP contribution in [0.5, 0.6) is 0 Å². The molecule has 3 saturated heterocycles. The fraction of sp³-hybridized carbons (Fsp3) is 0.944. The number of urea groups is 1. The summed E-state index contributed by atoms with van der Waals surface area (Å²) in [5, 5.41) is 3.30. The third-order valence-corrected chi connectivity index (χ3v) is 6.50. The number of hydrogen-bond acceptors (Lipinski definition) is 3. The number of hydrogen-bond donors (Lipinski definition) is 1. The molecule has 5 heteroatoms. The van der Waals surface area contributed by atoms with Crippen LogP contribution in [0.1, 0.15) is 57.8 Å². The molecule has 0 unspecified atom stereocenters. The van der Waals surface area contributed by atoms with Crippen molar-refractivity contribution in [1.29, 1.82) is 0 Å². The molecule has 4 rings (SSSR count). The number of nitrogens with one attached hydrogen (secondary N) is 1. The van der Waals surface area contributed by atoms with Crippen LogP contribution in [0, 0.1) is 5.41 Å². The van der Waals surface area contributed by atoms with E-state index in [2.05, 4.69) is 5.32 Å². The number of likely N-dealkylation sites (tertiary alicyclic amines) is 1. The highest BCUT2D eigenvalue weighted by Gasteiger charge is 2.44. The zero-order chi connectivity index (χ0) is 15.8. The number of carbonyl (C=O) groups excluding carboxylic acids is 1. The number of ether oxygens (including phenoxy) is 2. The molecule has 4 aliphatic rings. The van der Waals surface area contributed by atoms with Gasteiger partial charge in [0.1, 0.15) is 0 Å². The predicted molar refractivity (Wildman–Crippen MR) is 87.4 cm³/mol. The van der Waals surface area contributed by atoms with E-state index < -0.39 is 0 Å². The van der Waals surface area contributed by atoms with Gasteiger partial charge >= 0.3 is 6.03 Å². The lowest BCUT2D eigenvalue weighted by Gasteiger charge is -2.43. The van der Waals surface area contributed by atoms with Crippen LogP contribution < -0.4 is 5.32 Å². The van der Waals surface area contributed by atoms with Crippen LogP contribution in [-0.2, 0) is 9.47 Å². The highest BCUT2D eigenvalue weighted by molar-refractivity contribution is 5.75. The summed E-state index contributed by atoms with van der Waals surface area (Å²) >= 11 is 0. The number of rotatable bonds is 1. The summed E-state index contributed by atoms with van der Waals surface area (Å²) in [6.07, 6.45) is 10.4. The summed E-state index contributed by atoms with van der Waals surface area (Å²) < 4.78 is 11.7. The van der Waals surface area contributed by atoms with E-state index in [0.29, 0.717) is 0 Å². The van der Waals surface area contributed by atoms with Crippen molar-refractivity contribution < 1.29 is 14.3 Å². The number of nitrogens with zero attached hydrogens (tertiary/aromatic N) is 1. The molecule has 0 aromatic heterocycles. The fourth-order valence-corrected chi connectivity index (χ4v) is 5.04. The Balaban J connectivity index is 1.32. The highest BCUT2D eigenvalue weighted by Crippen LogP contribution is 2.40. The van der Waals surface area contributed by atoms with Crippen LogP contribution in [0.3, 0.4) is 0 Å². The first kappa shape index (κ1) is 15.7. The van der Waals surface area contributed by atoms with Gasteiger partial charge in [0.2, 0.25) is 0 Å². The Kier molecular flexibility index (Phi) is 4.26. The van der Waals surface area contributed by atoms with Crippen molar-refractivity contribution in [2.24, 2.45) is 5.41 Å². The Morgan fingerprint density at radius 1 is 1.09 bits per heavy atom. The van der Waals surface area contributed by atoms with E-state index in [0.717, 1.165) is 58.6 Å². The summed E-state index contributed by atoms with van der Waals surface area (Å²) in [5.74, 6) is 0. The van der Waals surface area contributed by atoms with Crippen molar-refractivity contribution in [2.75, 3.05) is 32.9 Å². The lowest BCUT2D eigenvalue weighted by molar-refractivity contribution is -0.108. The van der Waals surface area contributed by atoms with Gasteiger partial charge in [0.25, 0.3) is 0 Å². The smallest absolute Gasteiger partial charge is 0.317 e. The minimum atomic E-state index is 0.0555. The topological polar surface area (TPSA) is 50.8 Å². The maximum absolute atomic E-state index is 12.7. The highest BCUT2D eigenvalue weighted by atomic mass is 16.5. The second-order valence-corrected chi connectivity index (χ2v) is 8.21. The van der Waals surface area contributed by atoms with Crippen LogP contribution in [0.4, 0.5) is 4.79 Å². The van der Waals surface area contributed by atoms with Crippen LogP contribution >= 0.6 is 0 Å². The number of amides is 2. The molecular weight excluding hydrogens is 292 g/mol. The molecule has 4 fully saturated rings. The molecule has 2 spiro atoms. The molecule has 5 nitrogen and oxygen atoms in total. The molecule has 2 amide bonds. The van der Waals surface area contributed by atoms with E-state index in [-0.39, 0.29) is 23.1 Å². The minimum absolute atomic E-state index is 0.0555. The lowest BCUT2D eigenvalue weighted by Crippen LogP contribution is -2.52. The maximum atomic E-state index is 12.7. The van der Waals surface area contributed by atoms with Crippen LogP contribution in [0.25, 0.3) is 0 Å². The Bertz CT molecular complexity index is 436. The van der Waals surface area contributed by atoms with E-state index in [4.69, 9.17) is 9.47 Å². The van der Waals surface area contributed by atoms with Gasteiger partial charge in [-0.15, -0.1) is 0 Å². The molecular formula is C18H30N2O3. The molecule has 0 bridgehead atoms. The van der Waals surface area contributed by atoms with Crippen molar-refractivity contribution >= 4 is 6.03 Å². The molecule has 1 saturated carbocycles. The van der Waals surface area contributed by atoms with Crippen molar-refractivity contribution in [3.8, 4) is 0 Å². The molecule has 3 aliphatic heterocycles. The van der Waals surface area contributed by atoms with E-state index in [9.17, 15) is 4.79 Å². The average Bonchev–Trinajstić information content (AvgIpc) is 3.19. The Morgan fingerprint density at radius 3 is 2.74 bits per heavy atom.